The minimum absolute atomic E-state index is 0.142. The molecule has 0 spiro atoms. The standard InChI is InChI=1S/C17H18ClN3O2/c18-16-4-1-12(9-19-16)14-2-3-15(23-14)17(22)20-13-10-21-7-5-11(13)6-8-21/h1-4,9,11,13H,5-8,10H2,(H,20,22)/t13-/m0/s1. The molecule has 0 aliphatic carbocycles. The monoisotopic (exact) mass is 331 g/mol. The Balaban J connectivity index is 1.46. The first-order valence-electron chi connectivity index (χ1n) is 7.94. The Labute approximate surface area is 139 Å². The zero-order chi connectivity index (χ0) is 15.8. The lowest BCUT2D eigenvalue weighted by Crippen LogP contribution is -2.57. The second kappa shape index (κ2) is 5.98. The fraction of sp³-hybridized carbons (Fsp3) is 0.412. The molecule has 3 aliphatic heterocycles. The van der Waals surface area contributed by atoms with Crippen LogP contribution in [0.2, 0.25) is 5.15 Å². The molecule has 5 nitrogen and oxygen atoms in total. The normalized spacial score (nSPS) is 26.2. The summed E-state index contributed by atoms with van der Waals surface area (Å²) in [7, 11) is 0. The van der Waals surface area contributed by atoms with Gasteiger partial charge in [0.25, 0.3) is 5.91 Å². The van der Waals surface area contributed by atoms with Crippen molar-refractivity contribution in [2.45, 2.75) is 18.9 Å². The molecule has 0 saturated carbocycles. The zero-order valence-corrected chi connectivity index (χ0v) is 13.4. The predicted molar refractivity (Wildman–Crippen MR) is 87.4 cm³/mol. The number of piperidine rings is 3. The molecule has 1 N–H and O–H groups in total. The van der Waals surface area contributed by atoms with E-state index < -0.39 is 0 Å². The molecule has 2 bridgehead atoms. The number of hydrogen-bond acceptors (Lipinski definition) is 4. The van der Waals surface area contributed by atoms with Crippen LogP contribution in [0.1, 0.15) is 23.4 Å². The highest BCUT2D eigenvalue weighted by Gasteiger charge is 2.35. The van der Waals surface area contributed by atoms with Gasteiger partial charge in [0.05, 0.1) is 0 Å². The maximum Gasteiger partial charge on any atom is 0.287 e. The number of nitrogens with zero attached hydrogens (tertiary/aromatic N) is 2. The number of carbonyl (C=O) groups excluding carboxylic acids is 1. The van der Waals surface area contributed by atoms with Crippen LogP contribution in [-0.4, -0.2) is 41.5 Å². The minimum Gasteiger partial charge on any atom is -0.451 e. The number of fused-ring (bicyclic) bond motifs is 3. The number of rotatable bonds is 3. The minimum atomic E-state index is -0.142. The van der Waals surface area contributed by atoms with Crippen molar-refractivity contribution >= 4 is 17.5 Å². The molecule has 3 aliphatic rings. The molecule has 3 saturated heterocycles. The number of pyridine rings is 1. The molecule has 3 fully saturated rings. The Morgan fingerprint density at radius 3 is 2.74 bits per heavy atom. The average Bonchev–Trinajstić information content (AvgIpc) is 3.07. The lowest BCUT2D eigenvalue weighted by Gasteiger charge is -2.44. The van der Waals surface area contributed by atoms with Crippen LogP contribution < -0.4 is 5.32 Å². The Bertz CT molecular complexity index is 705. The van der Waals surface area contributed by atoms with E-state index in [0.29, 0.717) is 22.6 Å². The SMILES string of the molecule is O=C(N[C@H]1CN2CCC1CC2)c1ccc(-c2ccc(Cl)nc2)o1. The molecule has 5 rings (SSSR count). The molecule has 0 unspecified atom stereocenters. The Morgan fingerprint density at radius 1 is 1.26 bits per heavy atom. The van der Waals surface area contributed by atoms with Crippen molar-refractivity contribution in [1.29, 1.82) is 0 Å². The Morgan fingerprint density at radius 2 is 2.09 bits per heavy atom. The van der Waals surface area contributed by atoms with Crippen LogP contribution in [0.3, 0.4) is 0 Å². The first kappa shape index (κ1) is 14.7. The summed E-state index contributed by atoms with van der Waals surface area (Å²) in [6.07, 6.45) is 3.98. The summed E-state index contributed by atoms with van der Waals surface area (Å²) in [5, 5.41) is 3.56. The molecule has 0 radical (unpaired) electrons. The first-order chi connectivity index (χ1) is 11.2. The third kappa shape index (κ3) is 2.99. The average molecular weight is 332 g/mol. The van der Waals surface area contributed by atoms with E-state index >= 15 is 0 Å². The molecule has 1 amide bonds. The van der Waals surface area contributed by atoms with E-state index in [1.54, 1.807) is 24.4 Å². The Kier molecular flexibility index (Phi) is 3.83. The molecule has 6 heteroatoms. The van der Waals surface area contributed by atoms with E-state index in [4.69, 9.17) is 16.0 Å². The highest BCUT2D eigenvalue weighted by atomic mass is 35.5. The van der Waals surface area contributed by atoms with Crippen LogP contribution in [-0.2, 0) is 0 Å². The van der Waals surface area contributed by atoms with Crippen LogP contribution in [0.5, 0.6) is 0 Å². The van der Waals surface area contributed by atoms with Gasteiger partial charge >= 0.3 is 0 Å². The topological polar surface area (TPSA) is 58.4 Å². The van der Waals surface area contributed by atoms with Crippen molar-refractivity contribution in [2.24, 2.45) is 5.92 Å². The zero-order valence-electron chi connectivity index (χ0n) is 12.7. The van der Waals surface area contributed by atoms with Crippen molar-refractivity contribution in [3.63, 3.8) is 0 Å². The third-order valence-electron chi connectivity index (χ3n) is 4.81. The molecule has 5 heterocycles. The summed E-state index contributed by atoms with van der Waals surface area (Å²) >= 11 is 5.78. The van der Waals surface area contributed by atoms with Crippen LogP contribution in [0.4, 0.5) is 0 Å². The maximum absolute atomic E-state index is 12.4. The van der Waals surface area contributed by atoms with E-state index in [0.717, 1.165) is 25.2 Å². The van der Waals surface area contributed by atoms with Crippen LogP contribution in [0.15, 0.2) is 34.9 Å². The third-order valence-corrected chi connectivity index (χ3v) is 5.04. The number of aromatic nitrogens is 1. The van der Waals surface area contributed by atoms with E-state index in [1.807, 2.05) is 6.07 Å². The van der Waals surface area contributed by atoms with Gasteiger partial charge in [0, 0.05) is 24.3 Å². The molecule has 1 atom stereocenters. The number of halogens is 1. The molecule has 2 aromatic rings. The van der Waals surface area contributed by atoms with Crippen LogP contribution >= 0.6 is 11.6 Å². The molecular formula is C17H18ClN3O2. The van der Waals surface area contributed by atoms with Crippen molar-refractivity contribution in [1.82, 2.24) is 15.2 Å². The van der Waals surface area contributed by atoms with E-state index in [2.05, 4.69) is 15.2 Å². The highest BCUT2D eigenvalue weighted by Crippen LogP contribution is 2.28. The summed E-state index contributed by atoms with van der Waals surface area (Å²) in [6.45, 7) is 3.27. The second-order valence-corrected chi connectivity index (χ2v) is 6.64. The number of carbonyl (C=O) groups is 1. The van der Waals surface area contributed by atoms with Crippen molar-refractivity contribution in [2.75, 3.05) is 19.6 Å². The summed E-state index contributed by atoms with van der Waals surface area (Å²) in [5.41, 5.74) is 0.802. The summed E-state index contributed by atoms with van der Waals surface area (Å²) in [4.78, 5) is 18.9. The smallest absolute Gasteiger partial charge is 0.287 e. The van der Waals surface area contributed by atoms with E-state index in [9.17, 15) is 4.79 Å². The van der Waals surface area contributed by atoms with Crippen molar-refractivity contribution < 1.29 is 9.21 Å². The van der Waals surface area contributed by atoms with Gasteiger partial charge in [-0.25, -0.2) is 4.98 Å². The Hall–Kier alpha value is -1.85. The number of furan rings is 1. The van der Waals surface area contributed by atoms with Crippen LogP contribution in [0.25, 0.3) is 11.3 Å². The van der Waals surface area contributed by atoms with Gasteiger partial charge in [-0.1, -0.05) is 11.6 Å². The second-order valence-electron chi connectivity index (χ2n) is 6.25. The lowest BCUT2D eigenvalue weighted by atomic mass is 9.84. The number of hydrogen-bond donors (Lipinski definition) is 1. The molecule has 2 aromatic heterocycles. The van der Waals surface area contributed by atoms with Crippen molar-refractivity contribution in [3.8, 4) is 11.3 Å². The van der Waals surface area contributed by atoms with Gasteiger partial charge in [-0.3, -0.25) is 4.79 Å². The maximum atomic E-state index is 12.4. The molecule has 120 valence electrons. The van der Waals surface area contributed by atoms with Gasteiger partial charge in [0.2, 0.25) is 0 Å². The number of amides is 1. The largest absolute Gasteiger partial charge is 0.451 e. The summed E-state index contributed by atoms with van der Waals surface area (Å²) in [6, 6.07) is 7.25. The van der Waals surface area contributed by atoms with Gasteiger partial charge in [-0.2, -0.15) is 0 Å². The summed E-state index contributed by atoms with van der Waals surface area (Å²) < 4.78 is 5.68. The van der Waals surface area contributed by atoms with Gasteiger partial charge in [-0.15, -0.1) is 0 Å². The van der Waals surface area contributed by atoms with E-state index in [1.165, 1.54) is 12.8 Å². The van der Waals surface area contributed by atoms with Gasteiger partial charge in [0.15, 0.2) is 5.76 Å². The van der Waals surface area contributed by atoms with Crippen LogP contribution in [0, 0.1) is 5.92 Å². The molecular weight excluding hydrogens is 314 g/mol. The predicted octanol–water partition coefficient (Wildman–Crippen LogP) is 2.82. The quantitative estimate of drug-likeness (QED) is 0.879. The fourth-order valence-corrected chi connectivity index (χ4v) is 3.62. The molecule has 23 heavy (non-hydrogen) atoms. The van der Waals surface area contributed by atoms with Gasteiger partial charge < -0.3 is 14.6 Å². The van der Waals surface area contributed by atoms with Crippen molar-refractivity contribution in [3.05, 3.63) is 41.4 Å². The van der Waals surface area contributed by atoms with Gasteiger partial charge in [-0.05, 0) is 56.1 Å². The molecule has 0 aromatic carbocycles. The van der Waals surface area contributed by atoms with E-state index in [-0.39, 0.29) is 11.9 Å². The lowest BCUT2D eigenvalue weighted by molar-refractivity contribution is 0.0606. The fourth-order valence-electron chi connectivity index (χ4n) is 3.50. The highest BCUT2D eigenvalue weighted by molar-refractivity contribution is 6.29. The first-order valence-corrected chi connectivity index (χ1v) is 8.32. The summed E-state index contributed by atoms with van der Waals surface area (Å²) in [5.74, 6) is 1.41. The number of nitrogens with one attached hydrogen (secondary N) is 1. The van der Waals surface area contributed by atoms with Gasteiger partial charge in [0.1, 0.15) is 10.9 Å².